The van der Waals surface area contributed by atoms with E-state index in [0.29, 0.717) is 25.7 Å². The van der Waals surface area contributed by atoms with E-state index in [-0.39, 0.29) is 24.3 Å². The first-order chi connectivity index (χ1) is 7.17. The molecule has 0 saturated carbocycles. The zero-order chi connectivity index (χ0) is 11.3. The maximum Gasteiger partial charge on any atom is 0.234 e. The smallest absolute Gasteiger partial charge is 0.234 e. The van der Waals surface area contributed by atoms with Crippen molar-refractivity contribution >= 4 is 18.1 Å². The lowest BCUT2D eigenvalue weighted by Gasteiger charge is -2.14. The van der Waals surface area contributed by atoms with Crippen molar-refractivity contribution in [1.29, 1.82) is 0 Å². The quantitative estimate of drug-likeness (QED) is 0.467. The first-order valence-electron chi connectivity index (χ1n) is 4.89. The number of nitrogens with two attached hydrogens (primary N) is 1. The number of hydrogen-bond donors (Lipinski definition) is 3. The van der Waals surface area contributed by atoms with Gasteiger partial charge in [0.15, 0.2) is 0 Å². The third-order valence-electron chi connectivity index (χ3n) is 2.40. The average molecular weight is 213 g/mol. The molecule has 15 heavy (non-hydrogen) atoms. The molecule has 0 aromatic carbocycles. The van der Waals surface area contributed by atoms with Crippen LogP contribution in [-0.4, -0.2) is 37.2 Å². The standard InChI is InChI=1S/C9H15N3O3/c10-4-8(14)12-7(5-13)3-6-1-2-11-9(6)15/h5-7H,1-4,10H2,(H,11,15)(H,12,14). The molecule has 2 atom stereocenters. The summed E-state index contributed by atoms with van der Waals surface area (Å²) in [7, 11) is 0. The lowest BCUT2D eigenvalue weighted by atomic mass is 9.99. The fourth-order valence-electron chi connectivity index (χ4n) is 1.59. The second-order valence-corrected chi connectivity index (χ2v) is 3.53. The molecule has 2 unspecified atom stereocenters. The minimum absolute atomic E-state index is 0.0520. The van der Waals surface area contributed by atoms with Crippen molar-refractivity contribution < 1.29 is 14.4 Å². The molecule has 1 fully saturated rings. The first-order valence-corrected chi connectivity index (χ1v) is 4.89. The van der Waals surface area contributed by atoms with E-state index >= 15 is 0 Å². The van der Waals surface area contributed by atoms with Crippen molar-refractivity contribution in [3.8, 4) is 0 Å². The van der Waals surface area contributed by atoms with Gasteiger partial charge in [-0.2, -0.15) is 0 Å². The van der Waals surface area contributed by atoms with Crippen LogP contribution in [-0.2, 0) is 14.4 Å². The van der Waals surface area contributed by atoms with Gasteiger partial charge >= 0.3 is 0 Å². The Morgan fingerprint density at radius 3 is 2.93 bits per heavy atom. The molecule has 6 nitrogen and oxygen atoms in total. The van der Waals surface area contributed by atoms with Gasteiger partial charge in [0.1, 0.15) is 6.29 Å². The summed E-state index contributed by atoms with van der Waals surface area (Å²) in [4.78, 5) is 32.8. The van der Waals surface area contributed by atoms with Crippen molar-refractivity contribution in [1.82, 2.24) is 10.6 Å². The van der Waals surface area contributed by atoms with Gasteiger partial charge in [-0.3, -0.25) is 9.59 Å². The summed E-state index contributed by atoms with van der Waals surface area (Å²) in [5.41, 5.74) is 5.10. The Hall–Kier alpha value is -1.43. The van der Waals surface area contributed by atoms with Gasteiger partial charge in [-0.1, -0.05) is 0 Å². The predicted molar refractivity (Wildman–Crippen MR) is 52.8 cm³/mol. The molecule has 0 spiro atoms. The Morgan fingerprint density at radius 1 is 1.73 bits per heavy atom. The summed E-state index contributed by atoms with van der Waals surface area (Å²) >= 11 is 0. The minimum Gasteiger partial charge on any atom is -0.356 e. The van der Waals surface area contributed by atoms with Gasteiger partial charge in [-0.15, -0.1) is 0 Å². The number of nitrogens with one attached hydrogen (secondary N) is 2. The highest BCUT2D eigenvalue weighted by Gasteiger charge is 2.27. The van der Waals surface area contributed by atoms with E-state index < -0.39 is 6.04 Å². The minimum atomic E-state index is -0.616. The maximum absolute atomic E-state index is 11.2. The molecule has 1 heterocycles. The average Bonchev–Trinajstić information content (AvgIpc) is 2.63. The largest absolute Gasteiger partial charge is 0.356 e. The van der Waals surface area contributed by atoms with Gasteiger partial charge in [-0.05, 0) is 12.8 Å². The van der Waals surface area contributed by atoms with Crippen LogP contribution in [0.4, 0.5) is 0 Å². The molecule has 0 aliphatic carbocycles. The molecule has 1 aliphatic heterocycles. The Kier molecular flexibility index (Phi) is 4.23. The van der Waals surface area contributed by atoms with E-state index in [1.165, 1.54) is 0 Å². The molecular weight excluding hydrogens is 198 g/mol. The third kappa shape index (κ3) is 3.32. The van der Waals surface area contributed by atoms with Crippen LogP contribution in [0.15, 0.2) is 0 Å². The van der Waals surface area contributed by atoms with Crippen LogP contribution in [0.1, 0.15) is 12.8 Å². The second-order valence-electron chi connectivity index (χ2n) is 3.53. The topological polar surface area (TPSA) is 101 Å². The Labute approximate surface area is 87.6 Å². The number of amides is 2. The van der Waals surface area contributed by atoms with Gasteiger partial charge in [-0.25, -0.2) is 0 Å². The van der Waals surface area contributed by atoms with Crippen LogP contribution in [0.2, 0.25) is 0 Å². The lowest BCUT2D eigenvalue weighted by Crippen LogP contribution is -2.41. The van der Waals surface area contributed by atoms with Crippen LogP contribution >= 0.6 is 0 Å². The predicted octanol–water partition coefficient (Wildman–Crippen LogP) is -1.84. The molecule has 84 valence electrons. The van der Waals surface area contributed by atoms with Crippen molar-refractivity contribution in [3.63, 3.8) is 0 Å². The monoisotopic (exact) mass is 213 g/mol. The van der Waals surface area contributed by atoms with Crippen molar-refractivity contribution in [2.45, 2.75) is 18.9 Å². The summed E-state index contributed by atoms with van der Waals surface area (Å²) < 4.78 is 0. The van der Waals surface area contributed by atoms with Crippen LogP contribution in [0.3, 0.4) is 0 Å². The first kappa shape index (κ1) is 11.6. The van der Waals surface area contributed by atoms with Gasteiger partial charge in [0.2, 0.25) is 11.8 Å². The number of carbonyl (C=O) groups is 3. The summed E-state index contributed by atoms with van der Waals surface area (Å²) in [6, 6.07) is -0.616. The van der Waals surface area contributed by atoms with E-state index in [1.807, 2.05) is 0 Å². The molecule has 0 radical (unpaired) electrons. The maximum atomic E-state index is 11.2. The highest BCUT2D eigenvalue weighted by Crippen LogP contribution is 2.15. The fraction of sp³-hybridized carbons (Fsp3) is 0.667. The van der Waals surface area contributed by atoms with Crippen molar-refractivity contribution in [2.75, 3.05) is 13.1 Å². The number of carbonyl (C=O) groups excluding carboxylic acids is 3. The molecule has 1 aliphatic rings. The molecular formula is C9H15N3O3. The molecule has 2 amide bonds. The van der Waals surface area contributed by atoms with Gasteiger partial charge in [0, 0.05) is 12.5 Å². The van der Waals surface area contributed by atoms with Gasteiger partial charge in [0.05, 0.1) is 12.6 Å². The highest BCUT2D eigenvalue weighted by molar-refractivity contribution is 5.83. The van der Waals surface area contributed by atoms with E-state index in [4.69, 9.17) is 5.73 Å². The molecule has 0 aromatic heterocycles. The second kappa shape index (κ2) is 5.45. The van der Waals surface area contributed by atoms with Crippen LogP contribution in [0.5, 0.6) is 0 Å². The highest BCUT2D eigenvalue weighted by atomic mass is 16.2. The summed E-state index contributed by atoms with van der Waals surface area (Å²) in [5, 5.41) is 5.13. The molecule has 4 N–H and O–H groups in total. The molecule has 6 heteroatoms. The van der Waals surface area contributed by atoms with E-state index in [1.54, 1.807) is 0 Å². The van der Waals surface area contributed by atoms with Crippen LogP contribution < -0.4 is 16.4 Å². The fourth-order valence-corrected chi connectivity index (χ4v) is 1.59. The van der Waals surface area contributed by atoms with E-state index in [0.717, 1.165) is 0 Å². The number of rotatable bonds is 5. The zero-order valence-electron chi connectivity index (χ0n) is 8.36. The summed E-state index contributed by atoms with van der Waals surface area (Å²) in [6.07, 6.45) is 1.70. The van der Waals surface area contributed by atoms with Gasteiger partial charge in [0.25, 0.3) is 0 Å². The van der Waals surface area contributed by atoms with Gasteiger partial charge < -0.3 is 21.2 Å². The van der Waals surface area contributed by atoms with Crippen molar-refractivity contribution in [3.05, 3.63) is 0 Å². The van der Waals surface area contributed by atoms with E-state index in [2.05, 4.69) is 10.6 Å². The number of aldehydes is 1. The molecule has 0 aromatic rings. The zero-order valence-corrected chi connectivity index (χ0v) is 8.36. The summed E-state index contributed by atoms with van der Waals surface area (Å²) in [5.74, 6) is -0.618. The number of hydrogen-bond acceptors (Lipinski definition) is 4. The summed E-state index contributed by atoms with van der Waals surface area (Å²) in [6.45, 7) is 0.487. The third-order valence-corrected chi connectivity index (χ3v) is 2.40. The van der Waals surface area contributed by atoms with Crippen molar-refractivity contribution in [2.24, 2.45) is 11.7 Å². The molecule has 1 saturated heterocycles. The SMILES string of the molecule is NCC(=O)NC(C=O)CC1CCNC1=O. The lowest BCUT2D eigenvalue weighted by molar-refractivity contribution is -0.125. The van der Waals surface area contributed by atoms with Crippen LogP contribution in [0, 0.1) is 5.92 Å². The molecule has 1 rings (SSSR count). The van der Waals surface area contributed by atoms with Crippen LogP contribution in [0.25, 0.3) is 0 Å². The Morgan fingerprint density at radius 2 is 2.47 bits per heavy atom. The van der Waals surface area contributed by atoms with E-state index in [9.17, 15) is 14.4 Å². The Bertz CT molecular complexity index is 267. The normalized spacial score (nSPS) is 21.9. The molecule has 0 bridgehead atoms. The Balaban J connectivity index is 2.42.